The van der Waals surface area contributed by atoms with Crippen molar-refractivity contribution in [1.29, 1.82) is 0 Å². The van der Waals surface area contributed by atoms with Crippen LogP contribution in [-0.2, 0) is 6.54 Å². The number of amides is 1. The number of hydrogen-bond donors (Lipinski definition) is 3. The van der Waals surface area contributed by atoms with Crippen molar-refractivity contribution in [2.45, 2.75) is 20.4 Å². The van der Waals surface area contributed by atoms with Crippen molar-refractivity contribution in [1.82, 2.24) is 15.5 Å². The first-order valence-electron chi connectivity index (χ1n) is 6.53. The Labute approximate surface area is 120 Å². The van der Waals surface area contributed by atoms with Gasteiger partial charge >= 0.3 is 0 Å². The molecule has 0 fully saturated rings. The summed E-state index contributed by atoms with van der Waals surface area (Å²) in [6, 6.07) is 2.03. The molecule has 0 aliphatic carbocycles. The van der Waals surface area contributed by atoms with Gasteiger partial charge in [-0.2, -0.15) is 5.10 Å². The Balaban J connectivity index is 2.11. The Morgan fingerprint density at radius 2 is 2.00 bits per heavy atom. The third-order valence-corrected chi connectivity index (χ3v) is 3.03. The molecule has 0 saturated heterocycles. The van der Waals surface area contributed by atoms with Crippen LogP contribution in [0.15, 0.2) is 18.3 Å². The topological polar surface area (TPSA) is 69.8 Å². The van der Waals surface area contributed by atoms with Crippen molar-refractivity contribution < 1.29 is 13.6 Å². The number of aryl methyl sites for hydroxylation is 1. The molecule has 1 heterocycles. The second kappa shape index (κ2) is 6.34. The minimum Gasteiger partial charge on any atom is -0.381 e. The van der Waals surface area contributed by atoms with E-state index in [4.69, 9.17) is 0 Å². The molecule has 112 valence electrons. The van der Waals surface area contributed by atoms with E-state index in [-0.39, 0.29) is 17.8 Å². The fraction of sp³-hybridized carbons (Fsp3) is 0.286. The summed E-state index contributed by atoms with van der Waals surface area (Å²) >= 11 is 0. The average Bonchev–Trinajstić information content (AvgIpc) is 2.85. The first-order chi connectivity index (χ1) is 10.0. The Hall–Kier alpha value is -2.44. The third-order valence-electron chi connectivity index (χ3n) is 3.03. The van der Waals surface area contributed by atoms with E-state index in [1.54, 1.807) is 13.1 Å². The summed E-state index contributed by atoms with van der Waals surface area (Å²) in [5, 5.41) is 11.7. The minimum absolute atomic E-state index is 0.0622. The fourth-order valence-electron chi connectivity index (χ4n) is 1.88. The number of aromatic amines is 1. The van der Waals surface area contributed by atoms with Gasteiger partial charge in [0.25, 0.3) is 5.91 Å². The number of anilines is 1. The van der Waals surface area contributed by atoms with Gasteiger partial charge < -0.3 is 10.6 Å². The number of halogens is 2. The summed E-state index contributed by atoms with van der Waals surface area (Å²) in [5.74, 6) is -2.13. The van der Waals surface area contributed by atoms with Gasteiger partial charge in [0, 0.05) is 29.9 Å². The molecule has 0 bridgehead atoms. The number of nitrogens with zero attached hydrogens (tertiary/aromatic N) is 1. The fourth-order valence-corrected chi connectivity index (χ4v) is 1.88. The van der Waals surface area contributed by atoms with E-state index in [1.165, 1.54) is 0 Å². The highest BCUT2D eigenvalue weighted by Gasteiger charge is 2.15. The summed E-state index contributed by atoms with van der Waals surface area (Å²) < 4.78 is 27.5. The van der Waals surface area contributed by atoms with E-state index in [2.05, 4.69) is 20.8 Å². The maximum absolute atomic E-state index is 13.7. The molecule has 2 aromatic rings. The molecule has 1 aromatic heterocycles. The molecule has 0 saturated carbocycles. The monoisotopic (exact) mass is 294 g/mol. The highest BCUT2D eigenvalue weighted by atomic mass is 19.1. The summed E-state index contributed by atoms with van der Waals surface area (Å²) in [6.45, 7) is 4.17. The zero-order valence-corrected chi connectivity index (χ0v) is 11.8. The Morgan fingerprint density at radius 3 is 2.52 bits per heavy atom. The van der Waals surface area contributed by atoms with Crippen LogP contribution in [0.3, 0.4) is 0 Å². The van der Waals surface area contributed by atoms with Crippen molar-refractivity contribution in [2.24, 2.45) is 0 Å². The van der Waals surface area contributed by atoms with E-state index >= 15 is 0 Å². The van der Waals surface area contributed by atoms with Crippen LogP contribution >= 0.6 is 0 Å². The molecule has 0 atom stereocenters. The van der Waals surface area contributed by atoms with Crippen LogP contribution in [0.25, 0.3) is 0 Å². The predicted molar refractivity (Wildman–Crippen MR) is 75.0 cm³/mol. The van der Waals surface area contributed by atoms with Crippen molar-refractivity contribution in [2.75, 3.05) is 11.9 Å². The quantitative estimate of drug-likeness (QED) is 0.793. The second-order valence-electron chi connectivity index (χ2n) is 4.55. The second-order valence-corrected chi connectivity index (χ2v) is 4.55. The molecule has 0 spiro atoms. The molecule has 0 aliphatic heterocycles. The molecule has 2 rings (SSSR count). The molecule has 0 radical (unpaired) electrons. The SMILES string of the molecule is CCNc1c(F)cc(C(=O)NCc2cn[nH]c2C)cc1F. The van der Waals surface area contributed by atoms with Crippen molar-refractivity contribution in [3.8, 4) is 0 Å². The Bertz CT molecular complexity index is 631. The highest BCUT2D eigenvalue weighted by Crippen LogP contribution is 2.20. The van der Waals surface area contributed by atoms with E-state index in [0.29, 0.717) is 6.54 Å². The van der Waals surface area contributed by atoms with E-state index in [9.17, 15) is 13.6 Å². The highest BCUT2D eigenvalue weighted by molar-refractivity contribution is 5.94. The summed E-state index contributed by atoms with van der Waals surface area (Å²) in [7, 11) is 0. The molecular weight excluding hydrogens is 278 g/mol. The standard InChI is InChI=1S/C14H16F2N4O/c1-3-17-13-11(15)4-9(5-12(13)16)14(21)18-6-10-7-19-20-8(10)2/h4-5,7,17H,3,6H2,1-2H3,(H,18,21)(H,19,20). The molecule has 7 heteroatoms. The molecular formula is C14H16F2N4O. The predicted octanol–water partition coefficient (Wildman–Crippen LogP) is 2.36. The van der Waals surface area contributed by atoms with Gasteiger partial charge in [0.2, 0.25) is 0 Å². The molecule has 0 unspecified atom stereocenters. The first-order valence-corrected chi connectivity index (χ1v) is 6.53. The van der Waals surface area contributed by atoms with Crippen LogP contribution in [0.5, 0.6) is 0 Å². The van der Waals surface area contributed by atoms with Crippen LogP contribution in [0, 0.1) is 18.6 Å². The van der Waals surface area contributed by atoms with Gasteiger partial charge in [-0.3, -0.25) is 9.89 Å². The summed E-state index contributed by atoms with van der Waals surface area (Å²) in [6.07, 6.45) is 1.59. The normalized spacial score (nSPS) is 10.5. The number of benzene rings is 1. The lowest BCUT2D eigenvalue weighted by Gasteiger charge is -2.09. The van der Waals surface area contributed by atoms with Crippen LogP contribution in [-0.4, -0.2) is 22.6 Å². The smallest absolute Gasteiger partial charge is 0.251 e. The number of carbonyl (C=O) groups excluding carboxylic acids is 1. The number of carbonyl (C=O) groups is 1. The van der Waals surface area contributed by atoms with Crippen molar-refractivity contribution in [3.63, 3.8) is 0 Å². The van der Waals surface area contributed by atoms with Crippen molar-refractivity contribution in [3.05, 3.63) is 46.8 Å². The molecule has 1 aromatic carbocycles. The van der Waals surface area contributed by atoms with Gasteiger partial charge in [-0.15, -0.1) is 0 Å². The first kappa shape index (κ1) is 15.0. The molecule has 21 heavy (non-hydrogen) atoms. The van der Waals surface area contributed by atoms with Crippen molar-refractivity contribution >= 4 is 11.6 Å². The number of aromatic nitrogens is 2. The maximum atomic E-state index is 13.7. The largest absolute Gasteiger partial charge is 0.381 e. The number of rotatable bonds is 5. The summed E-state index contributed by atoms with van der Waals surface area (Å²) in [5.41, 5.74) is 1.36. The zero-order valence-electron chi connectivity index (χ0n) is 11.8. The Kier molecular flexibility index (Phi) is 4.52. The van der Waals surface area contributed by atoms with Crippen LogP contribution in [0.1, 0.15) is 28.5 Å². The van der Waals surface area contributed by atoms with Gasteiger partial charge in [-0.05, 0) is 26.0 Å². The average molecular weight is 294 g/mol. The van der Waals surface area contributed by atoms with Crippen LogP contribution in [0.2, 0.25) is 0 Å². The van der Waals surface area contributed by atoms with Gasteiger partial charge in [0.15, 0.2) is 0 Å². The summed E-state index contributed by atoms with van der Waals surface area (Å²) in [4.78, 5) is 11.9. The van der Waals surface area contributed by atoms with Gasteiger partial charge in [0.1, 0.15) is 17.3 Å². The third kappa shape index (κ3) is 3.36. The molecule has 1 amide bonds. The van der Waals surface area contributed by atoms with E-state index in [0.717, 1.165) is 23.4 Å². The van der Waals surface area contributed by atoms with Gasteiger partial charge in [-0.25, -0.2) is 8.78 Å². The number of hydrogen-bond acceptors (Lipinski definition) is 3. The van der Waals surface area contributed by atoms with E-state index < -0.39 is 17.5 Å². The number of nitrogens with one attached hydrogen (secondary N) is 3. The lowest BCUT2D eigenvalue weighted by molar-refractivity contribution is 0.0950. The van der Waals surface area contributed by atoms with Crippen LogP contribution < -0.4 is 10.6 Å². The van der Waals surface area contributed by atoms with Crippen LogP contribution in [0.4, 0.5) is 14.5 Å². The van der Waals surface area contributed by atoms with Gasteiger partial charge in [0.05, 0.1) is 6.20 Å². The molecule has 3 N–H and O–H groups in total. The number of H-pyrrole nitrogens is 1. The molecule has 5 nitrogen and oxygen atoms in total. The lowest BCUT2D eigenvalue weighted by atomic mass is 10.1. The Morgan fingerprint density at radius 1 is 1.33 bits per heavy atom. The molecule has 0 aliphatic rings. The lowest BCUT2D eigenvalue weighted by Crippen LogP contribution is -2.23. The van der Waals surface area contributed by atoms with E-state index in [1.807, 2.05) is 6.92 Å². The van der Waals surface area contributed by atoms with Gasteiger partial charge in [-0.1, -0.05) is 0 Å². The minimum atomic E-state index is -0.790. The maximum Gasteiger partial charge on any atom is 0.251 e. The zero-order chi connectivity index (χ0) is 15.4.